The molecule has 0 saturated heterocycles. The monoisotopic (exact) mass is 286 g/mol. The molecule has 1 aromatic carbocycles. The van der Waals surface area contributed by atoms with Gasteiger partial charge in [-0.2, -0.15) is 0 Å². The van der Waals surface area contributed by atoms with E-state index in [1.807, 2.05) is 0 Å². The summed E-state index contributed by atoms with van der Waals surface area (Å²) >= 11 is 0. The molecule has 0 radical (unpaired) electrons. The van der Waals surface area contributed by atoms with Crippen LogP contribution in [0.2, 0.25) is 0 Å². The van der Waals surface area contributed by atoms with Gasteiger partial charge in [0.05, 0.1) is 0 Å². The molecule has 0 aliphatic heterocycles. The van der Waals surface area contributed by atoms with E-state index < -0.39 is 0 Å². The molecule has 0 aliphatic carbocycles. The van der Waals surface area contributed by atoms with Crippen LogP contribution in [-0.2, 0) is 0 Å². The van der Waals surface area contributed by atoms with Gasteiger partial charge in [-0.05, 0) is 25.1 Å². The number of rotatable bonds is 5. The van der Waals surface area contributed by atoms with Crippen molar-refractivity contribution in [1.29, 1.82) is 0 Å². The molecule has 0 atom stereocenters. The first-order valence-electron chi connectivity index (χ1n) is 6.36. The lowest BCUT2D eigenvalue weighted by Crippen LogP contribution is -2.24. The van der Waals surface area contributed by atoms with Gasteiger partial charge in [0.15, 0.2) is 0 Å². The second-order valence-electron chi connectivity index (χ2n) is 4.32. The van der Waals surface area contributed by atoms with Crippen molar-refractivity contribution >= 4 is 17.4 Å². The Morgan fingerprint density at radius 3 is 2.90 bits per heavy atom. The molecule has 0 fully saturated rings. The van der Waals surface area contributed by atoms with Crippen LogP contribution in [-0.4, -0.2) is 22.4 Å². The van der Waals surface area contributed by atoms with Crippen molar-refractivity contribution in [3.63, 3.8) is 0 Å². The van der Waals surface area contributed by atoms with E-state index in [9.17, 15) is 9.18 Å². The molecular weight excluding hydrogens is 271 g/mol. The highest BCUT2D eigenvalue weighted by molar-refractivity contribution is 5.93. The van der Waals surface area contributed by atoms with E-state index in [4.69, 9.17) is 0 Å². The van der Waals surface area contributed by atoms with Crippen LogP contribution in [0.5, 0.6) is 0 Å². The minimum Gasteiger partial charge on any atom is -0.347 e. The number of halogens is 1. The highest BCUT2D eigenvalue weighted by atomic mass is 19.1. The van der Waals surface area contributed by atoms with Crippen molar-refractivity contribution < 1.29 is 9.18 Å². The zero-order chi connectivity index (χ0) is 15.2. The maximum Gasteiger partial charge on any atom is 0.270 e. The Morgan fingerprint density at radius 2 is 2.19 bits per heavy atom. The van der Waals surface area contributed by atoms with Gasteiger partial charge < -0.3 is 10.6 Å². The molecule has 21 heavy (non-hydrogen) atoms. The van der Waals surface area contributed by atoms with Gasteiger partial charge in [-0.1, -0.05) is 12.1 Å². The first-order valence-corrected chi connectivity index (χ1v) is 6.36. The molecular formula is C15H15FN4O. The number of amides is 1. The second kappa shape index (κ2) is 6.60. The summed E-state index contributed by atoms with van der Waals surface area (Å²) in [6, 6.07) is 7.50. The normalized spacial score (nSPS) is 10.0. The third-order valence-corrected chi connectivity index (χ3v) is 2.57. The number of nitrogens with zero attached hydrogens (tertiary/aromatic N) is 2. The smallest absolute Gasteiger partial charge is 0.270 e. The van der Waals surface area contributed by atoms with Crippen LogP contribution in [0.1, 0.15) is 16.3 Å². The molecule has 0 spiro atoms. The molecule has 1 heterocycles. The van der Waals surface area contributed by atoms with Gasteiger partial charge >= 0.3 is 0 Å². The average Bonchev–Trinajstić information content (AvgIpc) is 2.44. The van der Waals surface area contributed by atoms with Crippen LogP contribution in [0.4, 0.5) is 15.9 Å². The van der Waals surface area contributed by atoms with Crippen LogP contribution in [0.15, 0.2) is 43.0 Å². The fourth-order valence-corrected chi connectivity index (χ4v) is 1.72. The lowest BCUT2D eigenvalue weighted by atomic mass is 10.3. The maximum absolute atomic E-state index is 13.1. The highest BCUT2D eigenvalue weighted by Gasteiger charge is 2.10. The van der Waals surface area contributed by atoms with E-state index in [0.29, 0.717) is 23.9 Å². The molecule has 0 saturated carbocycles. The number of aryl methyl sites for hydroxylation is 1. The van der Waals surface area contributed by atoms with E-state index in [1.165, 1.54) is 18.2 Å². The third-order valence-electron chi connectivity index (χ3n) is 2.57. The minimum atomic E-state index is -0.352. The van der Waals surface area contributed by atoms with Crippen LogP contribution >= 0.6 is 0 Å². The minimum absolute atomic E-state index is 0.239. The van der Waals surface area contributed by atoms with Crippen molar-refractivity contribution in [2.75, 3.05) is 11.9 Å². The van der Waals surface area contributed by atoms with Gasteiger partial charge in [-0.15, -0.1) is 6.58 Å². The fraction of sp³-hybridized carbons (Fsp3) is 0.133. The standard InChI is InChI=1S/C15H15FN4O/c1-3-7-17-15(21)13-9-14(19-10(2)18-13)20-12-6-4-5-11(16)8-12/h3-6,8-9H,1,7H2,2H3,(H,17,21)(H,18,19,20). The molecule has 0 bridgehead atoms. The summed E-state index contributed by atoms with van der Waals surface area (Å²) in [5.74, 6) is 0.203. The lowest BCUT2D eigenvalue weighted by Gasteiger charge is -2.08. The Balaban J connectivity index is 2.22. The van der Waals surface area contributed by atoms with Crippen LogP contribution < -0.4 is 10.6 Å². The molecule has 108 valence electrons. The van der Waals surface area contributed by atoms with Gasteiger partial charge in [0.2, 0.25) is 0 Å². The van der Waals surface area contributed by atoms with Crippen LogP contribution in [0.3, 0.4) is 0 Å². The summed E-state index contributed by atoms with van der Waals surface area (Å²) in [5.41, 5.74) is 0.786. The fourth-order valence-electron chi connectivity index (χ4n) is 1.72. The van der Waals surface area contributed by atoms with Gasteiger partial charge in [-0.25, -0.2) is 14.4 Å². The zero-order valence-corrected chi connectivity index (χ0v) is 11.6. The average molecular weight is 286 g/mol. The molecule has 1 aromatic heterocycles. The van der Waals surface area contributed by atoms with Crippen molar-refractivity contribution in [3.05, 3.63) is 60.3 Å². The Hall–Kier alpha value is -2.76. The Labute approximate surface area is 121 Å². The van der Waals surface area contributed by atoms with E-state index >= 15 is 0 Å². The first-order chi connectivity index (χ1) is 10.1. The van der Waals surface area contributed by atoms with Crippen LogP contribution in [0.25, 0.3) is 0 Å². The Kier molecular flexibility index (Phi) is 4.61. The number of nitrogens with one attached hydrogen (secondary N) is 2. The third kappa shape index (κ3) is 4.10. The summed E-state index contributed by atoms with van der Waals surface area (Å²) in [6.45, 7) is 5.57. The Bertz CT molecular complexity index is 672. The van der Waals surface area contributed by atoms with Crippen LogP contribution in [0, 0.1) is 12.7 Å². The number of carbonyl (C=O) groups excluding carboxylic acids is 1. The van der Waals surface area contributed by atoms with Gasteiger partial charge in [-0.3, -0.25) is 4.79 Å². The largest absolute Gasteiger partial charge is 0.347 e. The first kappa shape index (κ1) is 14.6. The predicted octanol–water partition coefficient (Wildman–Crippen LogP) is 2.58. The zero-order valence-electron chi connectivity index (χ0n) is 11.6. The van der Waals surface area contributed by atoms with Crippen molar-refractivity contribution in [1.82, 2.24) is 15.3 Å². The SMILES string of the molecule is C=CCNC(=O)c1cc(Nc2cccc(F)c2)nc(C)n1. The van der Waals surface area contributed by atoms with E-state index in [0.717, 1.165) is 0 Å². The number of hydrogen-bond donors (Lipinski definition) is 2. The molecule has 2 rings (SSSR count). The molecule has 0 aliphatic rings. The van der Waals surface area contributed by atoms with Gasteiger partial charge in [0, 0.05) is 18.3 Å². The molecule has 5 nitrogen and oxygen atoms in total. The summed E-state index contributed by atoms with van der Waals surface area (Å²) in [7, 11) is 0. The number of anilines is 2. The summed E-state index contributed by atoms with van der Waals surface area (Å²) in [6.07, 6.45) is 1.58. The molecule has 1 amide bonds. The van der Waals surface area contributed by atoms with E-state index in [-0.39, 0.29) is 17.4 Å². The van der Waals surface area contributed by atoms with Crippen molar-refractivity contribution in [3.8, 4) is 0 Å². The predicted molar refractivity (Wildman–Crippen MR) is 79.0 cm³/mol. The van der Waals surface area contributed by atoms with Crippen molar-refractivity contribution in [2.24, 2.45) is 0 Å². The topological polar surface area (TPSA) is 66.9 Å². The maximum atomic E-state index is 13.1. The molecule has 2 N–H and O–H groups in total. The number of benzene rings is 1. The quantitative estimate of drug-likeness (QED) is 0.829. The van der Waals surface area contributed by atoms with E-state index in [2.05, 4.69) is 27.2 Å². The number of hydrogen-bond acceptors (Lipinski definition) is 4. The molecule has 0 unspecified atom stereocenters. The summed E-state index contributed by atoms with van der Waals surface area (Å²) in [5, 5.41) is 5.59. The Morgan fingerprint density at radius 1 is 1.38 bits per heavy atom. The molecule has 6 heteroatoms. The lowest BCUT2D eigenvalue weighted by molar-refractivity contribution is 0.0952. The summed E-state index contributed by atoms with van der Waals surface area (Å²) < 4.78 is 13.1. The number of carbonyl (C=O) groups is 1. The van der Waals surface area contributed by atoms with E-state index in [1.54, 1.807) is 25.1 Å². The molecule has 2 aromatic rings. The van der Waals surface area contributed by atoms with Crippen molar-refractivity contribution in [2.45, 2.75) is 6.92 Å². The van der Waals surface area contributed by atoms with Gasteiger partial charge in [0.1, 0.15) is 23.2 Å². The summed E-state index contributed by atoms with van der Waals surface area (Å²) in [4.78, 5) is 20.1. The number of aromatic nitrogens is 2. The van der Waals surface area contributed by atoms with Gasteiger partial charge in [0.25, 0.3) is 5.91 Å². The second-order valence-corrected chi connectivity index (χ2v) is 4.32. The highest BCUT2D eigenvalue weighted by Crippen LogP contribution is 2.16.